The molecule has 9 heteroatoms. The smallest absolute Gasteiger partial charge is 0.358 e. The highest BCUT2D eigenvalue weighted by Gasteiger charge is 2.34. The van der Waals surface area contributed by atoms with Crippen molar-refractivity contribution in [3.05, 3.63) is 47.7 Å². The van der Waals surface area contributed by atoms with Gasteiger partial charge >= 0.3 is 11.9 Å². The average molecular weight is 512 g/mol. The summed E-state index contributed by atoms with van der Waals surface area (Å²) in [6.45, 7) is 5.83. The van der Waals surface area contributed by atoms with Crippen molar-refractivity contribution < 1.29 is 28.6 Å². The van der Waals surface area contributed by atoms with Crippen molar-refractivity contribution in [1.29, 1.82) is 0 Å². The van der Waals surface area contributed by atoms with E-state index in [-0.39, 0.29) is 24.0 Å². The third kappa shape index (κ3) is 6.91. The van der Waals surface area contributed by atoms with Gasteiger partial charge in [0.15, 0.2) is 11.5 Å². The fraction of sp³-hybridized carbons (Fsp3) is 0.536. The van der Waals surface area contributed by atoms with E-state index in [4.69, 9.17) is 19.0 Å². The highest BCUT2D eigenvalue weighted by Crippen LogP contribution is 2.38. The third-order valence-corrected chi connectivity index (χ3v) is 7.02. The molecule has 0 unspecified atom stereocenters. The molecule has 200 valence electrons. The van der Waals surface area contributed by atoms with Gasteiger partial charge in [0.2, 0.25) is 0 Å². The van der Waals surface area contributed by atoms with Crippen LogP contribution in [0.2, 0.25) is 0 Å². The molecule has 1 aromatic heterocycles. The summed E-state index contributed by atoms with van der Waals surface area (Å²) in [6.07, 6.45) is 6.87. The molecular formula is C28H37N3O6. The molecule has 1 saturated heterocycles. The van der Waals surface area contributed by atoms with Gasteiger partial charge in [0.1, 0.15) is 11.9 Å². The van der Waals surface area contributed by atoms with E-state index in [0.29, 0.717) is 42.9 Å². The standard InChI is InChI=1S/C28H37N3O6/c1-4-35-26-16-20(8-12-25(26)34-3)23-17-22(36-19(2)32)10-11-24(23)30-37-28(33)21-9-13-27(29-18-21)31-14-6-5-7-15-31/h8-9,12-13,16,18,22-24,30H,4-7,10-11,14-15,17H2,1-3H3/t22-,23-,24-/m1/s1. The molecule has 1 saturated carbocycles. The van der Waals surface area contributed by atoms with E-state index in [1.54, 1.807) is 19.4 Å². The predicted molar refractivity (Wildman–Crippen MR) is 139 cm³/mol. The Kier molecular flexibility index (Phi) is 9.22. The van der Waals surface area contributed by atoms with E-state index >= 15 is 0 Å². The Hall–Kier alpha value is -3.33. The lowest BCUT2D eigenvalue weighted by Gasteiger charge is -2.36. The number of hydrogen-bond donors (Lipinski definition) is 1. The van der Waals surface area contributed by atoms with Gasteiger partial charge in [-0.1, -0.05) is 6.07 Å². The van der Waals surface area contributed by atoms with Gasteiger partial charge in [-0.15, -0.1) is 5.48 Å². The molecular weight excluding hydrogens is 474 g/mol. The summed E-state index contributed by atoms with van der Waals surface area (Å²) in [5.41, 5.74) is 4.38. The Morgan fingerprint density at radius 1 is 1.08 bits per heavy atom. The number of methoxy groups -OCH3 is 1. The van der Waals surface area contributed by atoms with E-state index in [0.717, 1.165) is 37.3 Å². The number of ether oxygens (including phenoxy) is 3. The Morgan fingerprint density at radius 2 is 1.89 bits per heavy atom. The normalized spacial score (nSPS) is 21.7. The second-order valence-electron chi connectivity index (χ2n) is 9.56. The van der Waals surface area contributed by atoms with Gasteiger partial charge in [-0.2, -0.15) is 0 Å². The van der Waals surface area contributed by atoms with Gasteiger partial charge in [0, 0.05) is 32.1 Å². The van der Waals surface area contributed by atoms with E-state index in [1.807, 2.05) is 31.2 Å². The molecule has 0 amide bonds. The number of anilines is 1. The maximum absolute atomic E-state index is 12.8. The first-order chi connectivity index (χ1) is 18.0. The number of hydroxylamine groups is 1. The van der Waals surface area contributed by atoms with Crippen molar-refractivity contribution in [2.75, 3.05) is 31.7 Å². The number of esters is 1. The van der Waals surface area contributed by atoms with E-state index in [9.17, 15) is 9.59 Å². The van der Waals surface area contributed by atoms with Crippen LogP contribution in [0.1, 0.15) is 74.2 Å². The fourth-order valence-corrected chi connectivity index (χ4v) is 5.18. The molecule has 2 heterocycles. The van der Waals surface area contributed by atoms with Crippen LogP contribution in [0.15, 0.2) is 36.5 Å². The quantitative estimate of drug-likeness (QED) is 0.388. The van der Waals surface area contributed by atoms with Gasteiger partial charge < -0.3 is 23.9 Å². The Bertz CT molecular complexity index is 1050. The van der Waals surface area contributed by atoms with Crippen LogP contribution in [0, 0.1) is 0 Å². The molecule has 1 aromatic carbocycles. The summed E-state index contributed by atoms with van der Waals surface area (Å²) in [6, 6.07) is 9.26. The minimum absolute atomic E-state index is 0.0735. The first kappa shape index (κ1) is 26.7. The van der Waals surface area contributed by atoms with Crippen LogP contribution < -0.4 is 19.9 Å². The lowest BCUT2D eigenvalue weighted by Crippen LogP contribution is -2.42. The first-order valence-electron chi connectivity index (χ1n) is 13.1. The van der Waals surface area contributed by atoms with Crippen LogP contribution >= 0.6 is 0 Å². The highest BCUT2D eigenvalue weighted by atomic mass is 16.7. The summed E-state index contributed by atoms with van der Waals surface area (Å²) in [5.74, 6) is 1.32. The second kappa shape index (κ2) is 12.8. The van der Waals surface area contributed by atoms with E-state index in [1.165, 1.54) is 13.3 Å². The molecule has 4 rings (SSSR count). The number of piperidine rings is 1. The minimum Gasteiger partial charge on any atom is -0.493 e. The fourth-order valence-electron chi connectivity index (χ4n) is 5.18. The number of carbonyl (C=O) groups excluding carboxylic acids is 2. The molecule has 0 radical (unpaired) electrons. The number of nitrogens with zero attached hydrogens (tertiary/aromatic N) is 2. The zero-order valence-electron chi connectivity index (χ0n) is 21.9. The number of rotatable bonds is 9. The topological polar surface area (TPSA) is 99.2 Å². The van der Waals surface area contributed by atoms with Crippen LogP contribution in [-0.4, -0.2) is 55.9 Å². The molecule has 9 nitrogen and oxygen atoms in total. The van der Waals surface area contributed by atoms with Crippen molar-refractivity contribution in [1.82, 2.24) is 10.5 Å². The maximum Gasteiger partial charge on any atom is 0.358 e. The van der Waals surface area contributed by atoms with Crippen molar-refractivity contribution >= 4 is 17.8 Å². The maximum atomic E-state index is 12.8. The second-order valence-corrected chi connectivity index (χ2v) is 9.56. The molecule has 2 aromatic rings. The van der Waals surface area contributed by atoms with Crippen LogP contribution in [0.25, 0.3) is 0 Å². The molecule has 1 aliphatic heterocycles. The van der Waals surface area contributed by atoms with Crippen molar-refractivity contribution in [3.8, 4) is 11.5 Å². The summed E-state index contributed by atoms with van der Waals surface area (Å²) in [5, 5.41) is 0. The number of benzene rings is 1. The molecule has 2 aliphatic rings. The van der Waals surface area contributed by atoms with Crippen LogP contribution in [0.4, 0.5) is 5.82 Å². The summed E-state index contributed by atoms with van der Waals surface area (Å²) >= 11 is 0. The van der Waals surface area contributed by atoms with Gasteiger partial charge in [0.05, 0.1) is 25.3 Å². The molecule has 37 heavy (non-hydrogen) atoms. The van der Waals surface area contributed by atoms with Crippen LogP contribution in [0.5, 0.6) is 11.5 Å². The lowest BCUT2D eigenvalue weighted by molar-refractivity contribution is -0.148. The molecule has 1 N–H and O–H groups in total. The largest absolute Gasteiger partial charge is 0.493 e. The number of hydrogen-bond acceptors (Lipinski definition) is 9. The zero-order chi connectivity index (χ0) is 26.2. The van der Waals surface area contributed by atoms with Crippen LogP contribution in [0.3, 0.4) is 0 Å². The molecule has 3 atom stereocenters. The third-order valence-electron chi connectivity index (χ3n) is 7.02. The predicted octanol–water partition coefficient (Wildman–Crippen LogP) is 4.41. The molecule has 0 spiro atoms. The number of pyridine rings is 1. The van der Waals surface area contributed by atoms with Crippen molar-refractivity contribution in [2.45, 2.75) is 70.4 Å². The van der Waals surface area contributed by atoms with Gasteiger partial charge in [-0.25, -0.2) is 9.78 Å². The van der Waals surface area contributed by atoms with Crippen LogP contribution in [-0.2, 0) is 14.4 Å². The average Bonchev–Trinajstić information content (AvgIpc) is 2.92. The summed E-state index contributed by atoms with van der Waals surface area (Å²) in [7, 11) is 1.60. The van der Waals surface area contributed by atoms with Crippen molar-refractivity contribution in [3.63, 3.8) is 0 Å². The first-order valence-corrected chi connectivity index (χ1v) is 13.1. The minimum atomic E-state index is -0.483. The van der Waals surface area contributed by atoms with Gasteiger partial charge in [-0.3, -0.25) is 4.79 Å². The van der Waals surface area contributed by atoms with E-state index < -0.39 is 5.97 Å². The molecule has 1 aliphatic carbocycles. The Labute approximate surface area is 218 Å². The number of nitrogens with one attached hydrogen (secondary N) is 1. The summed E-state index contributed by atoms with van der Waals surface area (Å²) < 4.78 is 16.7. The van der Waals surface area contributed by atoms with Gasteiger partial charge in [0.25, 0.3) is 0 Å². The van der Waals surface area contributed by atoms with E-state index in [2.05, 4.69) is 15.4 Å². The van der Waals surface area contributed by atoms with Gasteiger partial charge in [-0.05, 0) is 75.3 Å². The monoisotopic (exact) mass is 511 g/mol. The highest BCUT2D eigenvalue weighted by molar-refractivity contribution is 5.89. The lowest BCUT2D eigenvalue weighted by atomic mass is 9.79. The van der Waals surface area contributed by atoms with Crippen molar-refractivity contribution in [2.24, 2.45) is 0 Å². The number of carbonyl (C=O) groups is 2. The number of aromatic nitrogens is 1. The SMILES string of the molecule is CCOc1cc([C@H]2C[C@H](OC(C)=O)CC[C@H]2NOC(=O)c2ccc(N3CCCCC3)nc2)ccc1OC. The molecule has 2 fully saturated rings. The molecule has 0 bridgehead atoms. The summed E-state index contributed by atoms with van der Waals surface area (Å²) in [4.78, 5) is 36.7. The Morgan fingerprint density at radius 3 is 2.57 bits per heavy atom. The zero-order valence-corrected chi connectivity index (χ0v) is 21.9. The Balaban J connectivity index is 1.45.